The molecule has 1 aliphatic heterocycles. The zero-order chi connectivity index (χ0) is 27.8. The van der Waals surface area contributed by atoms with Crippen LogP contribution < -0.4 is 16.0 Å². The minimum absolute atomic E-state index is 0.0727. The fraction of sp³-hybridized carbons (Fsp3) is 0.643. The topological polar surface area (TPSA) is 137 Å². The number of amides is 3. The van der Waals surface area contributed by atoms with Crippen molar-refractivity contribution in [2.75, 3.05) is 6.61 Å². The second-order valence-electron chi connectivity index (χ2n) is 10.9. The summed E-state index contributed by atoms with van der Waals surface area (Å²) in [6.07, 6.45) is -0.0303. The first-order valence-corrected chi connectivity index (χ1v) is 13.2. The summed E-state index contributed by atoms with van der Waals surface area (Å²) in [6.45, 7) is 11.5. The van der Waals surface area contributed by atoms with E-state index < -0.39 is 47.6 Å². The van der Waals surface area contributed by atoms with Gasteiger partial charge in [-0.1, -0.05) is 65.0 Å². The molecule has 2 rings (SSSR count). The number of aliphatic hydroxyl groups is 1. The molecule has 1 aromatic rings. The summed E-state index contributed by atoms with van der Waals surface area (Å²) in [5.41, 5.74) is -0.0596. The van der Waals surface area contributed by atoms with Crippen molar-refractivity contribution < 1.29 is 29.0 Å². The lowest BCUT2D eigenvalue weighted by molar-refractivity contribution is -0.136. The van der Waals surface area contributed by atoms with Crippen LogP contribution in [0.1, 0.15) is 66.4 Å². The number of carbonyl (C=O) groups is 4. The lowest BCUT2D eigenvalue weighted by Gasteiger charge is -2.27. The van der Waals surface area contributed by atoms with Gasteiger partial charge in [-0.3, -0.25) is 19.2 Å². The molecule has 1 saturated heterocycles. The van der Waals surface area contributed by atoms with Crippen LogP contribution in [0.25, 0.3) is 0 Å². The molecule has 1 heterocycles. The maximum absolute atomic E-state index is 13.5. The van der Waals surface area contributed by atoms with E-state index in [9.17, 15) is 24.3 Å². The number of aliphatic hydroxyl groups excluding tert-OH is 1. The summed E-state index contributed by atoms with van der Waals surface area (Å²) in [5, 5.41) is 18.2. The van der Waals surface area contributed by atoms with E-state index in [4.69, 9.17) is 4.74 Å². The van der Waals surface area contributed by atoms with Crippen LogP contribution in [0.15, 0.2) is 30.3 Å². The lowest BCUT2D eigenvalue weighted by atomic mass is 9.93. The van der Waals surface area contributed by atoms with Gasteiger partial charge in [0, 0.05) is 6.42 Å². The molecule has 4 N–H and O–H groups in total. The van der Waals surface area contributed by atoms with Crippen molar-refractivity contribution in [2.24, 2.45) is 11.8 Å². The summed E-state index contributed by atoms with van der Waals surface area (Å²) >= 11 is 0. The molecule has 0 saturated carbocycles. The molecule has 206 valence electrons. The number of carbonyl (C=O) groups excluding carboxylic acids is 4. The van der Waals surface area contributed by atoms with Crippen LogP contribution >= 0.6 is 0 Å². The number of nitrogens with one attached hydrogen (secondary N) is 3. The van der Waals surface area contributed by atoms with Gasteiger partial charge in [-0.15, -0.1) is 0 Å². The first-order valence-electron chi connectivity index (χ1n) is 13.2. The first kappa shape index (κ1) is 30.4. The van der Waals surface area contributed by atoms with Crippen molar-refractivity contribution in [1.82, 2.24) is 16.0 Å². The van der Waals surface area contributed by atoms with Gasteiger partial charge in [-0.2, -0.15) is 0 Å². The van der Waals surface area contributed by atoms with Crippen LogP contribution in [0.5, 0.6) is 0 Å². The molecule has 0 aromatic heterocycles. The van der Waals surface area contributed by atoms with Gasteiger partial charge < -0.3 is 25.8 Å². The number of ketones is 1. The van der Waals surface area contributed by atoms with E-state index >= 15 is 0 Å². The number of hydrogen-bond acceptors (Lipinski definition) is 6. The molecule has 9 nitrogen and oxygen atoms in total. The summed E-state index contributed by atoms with van der Waals surface area (Å²) in [7, 11) is 0. The molecular formula is C28H43N3O6. The fourth-order valence-electron chi connectivity index (χ4n) is 4.08. The van der Waals surface area contributed by atoms with Gasteiger partial charge in [0.2, 0.25) is 17.7 Å². The molecule has 0 spiro atoms. The number of Topliss-reactive ketones (excluding diaryl/α,β-unsaturated/α-hetero) is 1. The van der Waals surface area contributed by atoms with Crippen LogP contribution in [0, 0.1) is 11.8 Å². The van der Waals surface area contributed by atoms with Gasteiger partial charge in [-0.25, -0.2) is 0 Å². The van der Waals surface area contributed by atoms with Crippen LogP contribution in [0.4, 0.5) is 0 Å². The molecular weight excluding hydrogens is 474 g/mol. The smallest absolute Gasteiger partial charge is 0.249 e. The molecule has 5 atom stereocenters. The normalized spacial score (nSPS) is 20.0. The van der Waals surface area contributed by atoms with Crippen molar-refractivity contribution >= 4 is 23.5 Å². The van der Waals surface area contributed by atoms with Crippen LogP contribution in [-0.4, -0.2) is 65.0 Å². The van der Waals surface area contributed by atoms with Crippen LogP contribution in [-0.2, 0) is 30.3 Å². The van der Waals surface area contributed by atoms with Crippen molar-refractivity contribution in [3.05, 3.63) is 35.9 Å². The summed E-state index contributed by atoms with van der Waals surface area (Å²) in [4.78, 5) is 52.2. The van der Waals surface area contributed by atoms with Gasteiger partial charge in [0.05, 0.1) is 12.6 Å². The molecule has 1 fully saturated rings. The Hall–Kier alpha value is -2.78. The van der Waals surface area contributed by atoms with E-state index in [1.165, 1.54) is 0 Å². The molecule has 0 aliphatic carbocycles. The lowest BCUT2D eigenvalue weighted by Crippen LogP contribution is -2.58. The molecule has 0 radical (unpaired) electrons. The van der Waals surface area contributed by atoms with Gasteiger partial charge in [-0.05, 0) is 43.6 Å². The molecule has 3 amide bonds. The van der Waals surface area contributed by atoms with E-state index in [2.05, 4.69) is 16.0 Å². The van der Waals surface area contributed by atoms with Gasteiger partial charge in [0.15, 0.2) is 5.78 Å². The number of rotatable bonds is 15. The summed E-state index contributed by atoms with van der Waals surface area (Å²) in [5.74, 6) is -1.60. The minimum Gasteiger partial charge on any atom is -0.383 e. The van der Waals surface area contributed by atoms with E-state index in [1.54, 1.807) is 13.8 Å². The standard InChI is InChI=1S/C28H43N3O6/c1-7-23(32)27(36)31-21(14-18(4)5)25(34)30-22(15-19-11-9-8-10-12-19)26(35)29-20(13-17(2)3)24(33)28(6)16-37-28/h8-12,17-18,20-23,32H,7,13-16H2,1-6H3,(H,29,35)(H,30,34)(H,31,36)/t20?,21-,22-,23-,28+/m0/s1. The quantitative estimate of drug-likeness (QED) is 0.262. The maximum atomic E-state index is 13.5. The van der Waals surface area contributed by atoms with Crippen LogP contribution in [0.2, 0.25) is 0 Å². The Morgan fingerprint density at radius 1 is 0.865 bits per heavy atom. The third-order valence-electron chi connectivity index (χ3n) is 6.38. The average molecular weight is 518 g/mol. The Morgan fingerprint density at radius 2 is 1.35 bits per heavy atom. The molecule has 9 heteroatoms. The van der Waals surface area contributed by atoms with Crippen molar-refractivity contribution in [2.45, 2.75) is 97.1 Å². The monoisotopic (exact) mass is 517 g/mol. The highest BCUT2D eigenvalue weighted by Gasteiger charge is 2.50. The van der Waals surface area contributed by atoms with E-state index in [1.807, 2.05) is 58.0 Å². The number of epoxide rings is 1. The molecule has 37 heavy (non-hydrogen) atoms. The van der Waals surface area contributed by atoms with E-state index in [0.717, 1.165) is 5.56 Å². The van der Waals surface area contributed by atoms with E-state index in [-0.39, 0.29) is 30.5 Å². The Bertz CT molecular complexity index is 929. The summed E-state index contributed by atoms with van der Waals surface area (Å²) < 4.78 is 5.33. The van der Waals surface area contributed by atoms with Crippen molar-refractivity contribution in [3.63, 3.8) is 0 Å². The number of benzene rings is 1. The van der Waals surface area contributed by atoms with Gasteiger partial charge >= 0.3 is 0 Å². The second-order valence-corrected chi connectivity index (χ2v) is 10.9. The predicted octanol–water partition coefficient (Wildman–Crippen LogP) is 1.90. The number of ether oxygens (including phenoxy) is 1. The largest absolute Gasteiger partial charge is 0.383 e. The highest BCUT2D eigenvalue weighted by atomic mass is 16.6. The third-order valence-corrected chi connectivity index (χ3v) is 6.38. The molecule has 1 unspecified atom stereocenters. The van der Waals surface area contributed by atoms with Crippen LogP contribution in [0.3, 0.4) is 0 Å². The van der Waals surface area contributed by atoms with Gasteiger partial charge in [0.25, 0.3) is 0 Å². The SMILES string of the molecule is CC[C@H](O)C(=O)N[C@@H](CC(C)C)C(=O)N[C@@H](Cc1ccccc1)C(=O)NC(CC(C)C)C(=O)[C@@]1(C)CO1. The van der Waals surface area contributed by atoms with Gasteiger partial charge in [0.1, 0.15) is 23.8 Å². The zero-order valence-electron chi connectivity index (χ0n) is 22.9. The highest BCUT2D eigenvalue weighted by Crippen LogP contribution is 2.29. The molecule has 0 bridgehead atoms. The average Bonchev–Trinajstić information content (AvgIpc) is 3.60. The minimum atomic E-state index is -1.22. The highest BCUT2D eigenvalue weighted by molar-refractivity contribution is 5.98. The second kappa shape index (κ2) is 13.7. The predicted molar refractivity (Wildman–Crippen MR) is 141 cm³/mol. The number of hydrogen-bond donors (Lipinski definition) is 4. The summed E-state index contributed by atoms with van der Waals surface area (Å²) in [6, 6.07) is 6.60. The fourth-order valence-corrected chi connectivity index (χ4v) is 4.08. The third kappa shape index (κ3) is 9.55. The Kier molecular flexibility index (Phi) is 11.3. The molecule has 1 aliphatic rings. The Balaban J connectivity index is 2.25. The Labute approximate surface area is 220 Å². The van der Waals surface area contributed by atoms with Crippen molar-refractivity contribution in [1.29, 1.82) is 0 Å². The molecule has 1 aromatic carbocycles. The first-order chi connectivity index (χ1) is 17.4. The van der Waals surface area contributed by atoms with Crippen molar-refractivity contribution in [3.8, 4) is 0 Å². The maximum Gasteiger partial charge on any atom is 0.249 e. The van der Waals surface area contributed by atoms with E-state index in [0.29, 0.717) is 19.4 Å². The zero-order valence-corrected chi connectivity index (χ0v) is 22.9. The Morgan fingerprint density at radius 3 is 1.86 bits per heavy atom.